The van der Waals surface area contributed by atoms with E-state index in [4.69, 9.17) is 28.7 Å². The summed E-state index contributed by atoms with van der Waals surface area (Å²) in [5, 5.41) is 33.8. The highest BCUT2D eigenvalue weighted by atomic mass is 16.4. The number of nitrogens with one attached hydrogen (secondary N) is 11. The number of nitrogens with two attached hydrogens (primary N) is 5. The van der Waals surface area contributed by atoms with Gasteiger partial charge in [0, 0.05) is 49.6 Å². The van der Waals surface area contributed by atoms with E-state index in [2.05, 4.69) is 72.8 Å². The molecule has 10 amide bonds. The van der Waals surface area contributed by atoms with Crippen LogP contribution in [0.25, 0.3) is 0 Å². The fraction of sp³-hybridized carbons (Fsp3) is 0.673. The first-order valence-electron chi connectivity index (χ1n) is 29.2. The number of aromatic nitrogens is 4. The van der Waals surface area contributed by atoms with Crippen LogP contribution in [0.4, 0.5) is 0 Å². The Balaban J connectivity index is 2.53. The van der Waals surface area contributed by atoms with Crippen LogP contribution in [-0.2, 0) is 65.6 Å². The molecule has 22 N–H and O–H groups in total. The van der Waals surface area contributed by atoms with Crippen LogP contribution in [0, 0.1) is 23.7 Å². The molecular weight excluding hydrogens is 1120 g/mol. The fourth-order valence-electron chi connectivity index (χ4n) is 8.94. The van der Waals surface area contributed by atoms with Crippen molar-refractivity contribution in [3.8, 4) is 0 Å². The number of guanidine groups is 1. The molecule has 86 heavy (non-hydrogen) atoms. The van der Waals surface area contributed by atoms with Crippen LogP contribution < -0.4 is 76.5 Å². The van der Waals surface area contributed by atoms with Gasteiger partial charge in [-0.1, -0.05) is 61.8 Å². The van der Waals surface area contributed by atoms with Gasteiger partial charge >= 0.3 is 5.97 Å². The Morgan fingerprint density at radius 3 is 1.30 bits per heavy atom. The number of aromatic amines is 2. The number of carboxylic acids is 1. The van der Waals surface area contributed by atoms with Crippen molar-refractivity contribution in [1.29, 1.82) is 0 Å². The standard InChI is InChI=1S/C55H95N19O12/c1-9-32(8)45(74-47(78)35(13-10-11-17-56)67-51(82)41(66-44(76)24-57)22-33-25-61-27-64-33)53(84)73-40(21-31(6)7)50(81)72-42(23-34-26-62-28-65-34)52(83)68-36(14-12-18-63-55(59)60)46(77)70-39(20-30(4)5)49(80)71-38(19-29(2)3)48(79)69-37(54(85)86)15-16-43(58)75/h25-32,35-42,45H,9-24,56-57H2,1-8H3,(H2,58,75)(H,61,64)(H,62,65)(H,66,76)(H,67,82)(H,68,83)(H,69,79)(H,70,77)(H,71,80)(H,72,81)(H,73,84)(H,74,78)(H,85,86)(H4,59,60,63)/t32-,35-,36-,37-,38-,39-,40-,41-,42-,45-/m0/s1. The van der Waals surface area contributed by atoms with Gasteiger partial charge in [-0.3, -0.25) is 52.9 Å². The van der Waals surface area contributed by atoms with Crippen molar-refractivity contribution < 1.29 is 57.8 Å². The molecule has 0 saturated carbocycles. The van der Waals surface area contributed by atoms with Crippen LogP contribution in [-0.4, -0.2) is 170 Å². The maximum Gasteiger partial charge on any atom is 0.326 e. The lowest BCUT2D eigenvalue weighted by Crippen LogP contribution is -2.61. The number of unbranched alkanes of at least 4 members (excludes halogenated alkanes) is 1. The minimum absolute atomic E-state index is 0.0137. The number of carbonyl (C=O) groups is 11. The summed E-state index contributed by atoms with van der Waals surface area (Å²) in [5.41, 5.74) is 28.6. The summed E-state index contributed by atoms with van der Waals surface area (Å²) in [4.78, 5) is 168. The molecule has 31 heteroatoms. The van der Waals surface area contributed by atoms with E-state index in [1.54, 1.807) is 55.4 Å². The van der Waals surface area contributed by atoms with Gasteiger partial charge in [0.15, 0.2) is 5.96 Å². The number of primary amides is 1. The molecule has 0 aliphatic rings. The summed E-state index contributed by atoms with van der Waals surface area (Å²) < 4.78 is 0. The zero-order chi connectivity index (χ0) is 64.6. The molecular formula is C55H95N19O12. The molecule has 2 rings (SSSR count). The number of nitrogens with zero attached hydrogens (tertiary/aromatic N) is 3. The number of H-pyrrole nitrogens is 2. The van der Waals surface area contributed by atoms with Crippen molar-refractivity contribution >= 4 is 71.0 Å². The molecule has 2 aromatic heterocycles. The Bertz CT molecular complexity index is 2520. The lowest BCUT2D eigenvalue weighted by Gasteiger charge is -2.30. The molecule has 0 saturated heterocycles. The molecule has 31 nitrogen and oxygen atoms in total. The largest absolute Gasteiger partial charge is 0.480 e. The smallest absolute Gasteiger partial charge is 0.326 e. The van der Waals surface area contributed by atoms with Gasteiger partial charge in [0.05, 0.1) is 19.2 Å². The number of aliphatic carboxylic acids is 1. The average molecular weight is 1210 g/mol. The van der Waals surface area contributed by atoms with Crippen LogP contribution in [0.5, 0.6) is 0 Å². The SMILES string of the molecule is CC[C@H](C)[C@H](NC(=O)[C@H](CCCCN)NC(=O)[C@H](Cc1cnc[nH]1)NC(=O)CN)C(=O)N[C@@H](CC(C)C)C(=O)N[C@@H](Cc1cnc[nH]1)C(=O)N[C@@H](CCCN=C(N)N)C(=O)N[C@@H](CC(C)C)C(=O)N[C@@H](CC(C)C)C(=O)N[C@@H](CCC(N)=O)C(=O)O. The first kappa shape index (κ1) is 73.9. The number of amides is 10. The molecule has 10 atom stereocenters. The molecule has 0 aliphatic carbocycles. The van der Waals surface area contributed by atoms with E-state index in [9.17, 15) is 57.8 Å². The third kappa shape index (κ3) is 28.1. The number of carbonyl (C=O) groups excluding carboxylic acids is 10. The molecule has 0 unspecified atom stereocenters. The predicted molar refractivity (Wildman–Crippen MR) is 318 cm³/mol. The second-order valence-corrected chi connectivity index (χ2v) is 22.7. The topological polar surface area (TPSA) is 516 Å². The van der Waals surface area contributed by atoms with Gasteiger partial charge in [-0.15, -0.1) is 0 Å². The Morgan fingerprint density at radius 2 is 0.907 bits per heavy atom. The molecule has 0 aliphatic heterocycles. The van der Waals surface area contributed by atoms with Gasteiger partial charge < -0.3 is 91.6 Å². The zero-order valence-corrected chi connectivity index (χ0v) is 50.8. The normalized spacial score (nSPS) is 14.8. The second kappa shape index (κ2) is 38.7. The maximum absolute atomic E-state index is 14.6. The van der Waals surface area contributed by atoms with Gasteiger partial charge in [0.25, 0.3) is 0 Å². The Kier molecular flexibility index (Phi) is 33.2. The van der Waals surface area contributed by atoms with E-state index in [-0.39, 0.29) is 94.5 Å². The molecule has 0 radical (unpaired) electrons. The summed E-state index contributed by atoms with van der Waals surface area (Å²) in [6.45, 7) is 14.2. The number of imidazole rings is 2. The number of carboxylic acid groups (broad SMARTS) is 1. The molecule has 0 bridgehead atoms. The first-order chi connectivity index (χ1) is 40.6. The Hall–Kier alpha value is -8.22. The third-order valence-corrected chi connectivity index (χ3v) is 13.7. The van der Waals surface area contributed by atoms with Gasteiger partial charge in [-0.25, -0.2) is 14.8 Å². The van der Waals surface area contributed by atoms with Gasteiger partial charge in [0.2, 0.25) is 59.1 Å². The summed E-state index contributed by atoms with van der Waals surface area (Å²) in [5.74, 6) is -10.6. The summed E-state index contributed by atoms with van der Waals surface area (Å²) in [7, 11) is 0. The molecule has 0 aromatic carbocycles. The van der Waals surface area contributed by atoms with Crippen molar-refractivity contribution in [2.24, 2.45) is 57.3 Å². The summed E-state index contributed by atoms with van der Waals surface area (Å²) >= 11 is 0. The Labute approximate surface area is 501 Å². The number of rotatable bonds is 42. The first-order valence-corrected chi connectivity index (χ1v) is 29.2. The highest BCUT2D eigenvalue weighted by molar-refractivity contribution is 5.98. The van der Waals surface area contributed by atoms with Crippen molar-refractivity contribution in [2.45, 2.75) is 193 Å². The van der Waals surface area contributed by atoms with Crippen LogP contribution in [0.15, 0.2) is 30.0 Å². The van der Waals surface area contributed by atoms with E-state index in [0.29, 0.717) is 37.2 Å². The monoisotopic (exact) mass is 1210 g/mol. The number of hydrogen-bond donors (Lipinski definition) is 17. The number of hydrogen-bond acceptors (Lipinski definition) is 16. The molecule has 482 valence electrons. The van der Waals surface area contributed by atoms with Gasteiger partial charge in [0.1, 0.15) is 54.4 Å². The van der Waals surface area contributed by atoms with E-state index in [1.165, 1.54) is 25.0 Å². The van der Waals surface area contributed by atoms with E-state index >= 15 is 0 Å². The van der Waals surface area contributed by atoms with Crippen molar-refractivity contribution in [1.82, 2.24) is 67.8 Å². The molecule has 0 spiro atoms. The summed E-state index contributed by atoms with van der Waals surface area (Å²) in [6.07, 6.45) is 6.36. The van der Waals surface area contributed by atoms with Crippen molar-refractivity contribution in [2.75, 3.05) is 19.6 Å². The quantitative estimate of drug-likeness (QED) is 0.0178. The zero-order valence-electron chi connectivity index (χ0n) is 50.8. The number of aliphatic imine (C=N–C) groups is 1. The molecule has 0 fully saturated rings. The second-order valence-electron chi connectivity index (χ2n) is 22.7. The lowest BCUT2D eigenvalue weighted by molar-refractivity contribution is -0.142. The van der Waals surface area contributed by atoms with E-state index in [1.807, 2.05) is 0 Å². The minimum Gasteiger partial charge on any atom is -0.480 e. The van der Waals surface area contributed by atoms with Crippen LogP contribution in [0.1, 0.15) is 137 Å². The summed E-state index contributed by atoms with van der Waals surface area (Å²) in [6, 6.07) is -11.9. The average Bonchev–Trinajstić information content (AvgIpc) is 4.32. The lowest BCUT2D eigenvalue weighted by atomic mass is 9.96. The predicted octanol–water partition coefficient (Wildman–Crippen LogP) is -3.04. The molecule has 2 aromatic rings. The van der Waals surface area contributed by atoms with E-state index in [0.717, 1.165) is 0 Å². The van der Waals surface area contributed by atoms with Gasteiger partial charge in [-0.05, 0) is 88.0 Å². The fourth-order valence-corrected chi connectivity index (χ4v) is 8.94. The Morgan fingerprint density at radius 1 is 0.512 bits per heavy atom. The highest BCUT2D eigenvalue weighted by Crippen LogP contribution is 2.16. The third-order valence-electron chi connectivity index (χ3n) is 13.7. The van der Waals surface area contributed by atoms with Crippen LogP contribution >= 0.6 is 0 Å². The minimum atomic E-state index is -1.50. The van der Waals surface area contributed by atoms with Crippen molar-refractivity contribution in [3.63, 3.8) is 0 Å². The maximum atomic E-state index is 14.6. The molecule has 2 heterocycles. The van der Waals surface area contributed by atoms with E-state index < -0.39 is 132 Å². The highest BCUT2D eigenvalue weighted by Gasteiger charge is 2.37. The van der Waals surface area contributed by atoms with Gasteiger partial charge in [-0.2, -0.15) is 0 Å². The van der Waals surface area contributed by atoms with Crippen LogP contribution in [0.3, 0.4) is 0 Å². The van der Waals surface area contributed by atoms with Crippen LogP contribution in [0.2, 0.25) is 0 Å². The van der Waals surface area contributed by atoms with Crippen molar-refractivity contribution in [3.05, 3.63) is 36.4 Å².